The normalized spacial score (nSPS) is 12.0. The molecule has 1 unspecified atom stereocenters. The van der Waals surface area contributed by atoms with Crippen molar-refractivity contribution >= 4 is 17.3 Å². The third kappa shape index (κ3) is 4.65. The Bertz CT molecular complexity index is 724. The number of benzene rings is 2. The molecule has 2 aromatic rings. The van der Waals surface area contributed by atoms with Gasteiger partial charge in [-0.05, 0) is 36.5 Å². The van der Waals surface area contributed by atoms with Gasteiger partial charge in [-0.3, -0.25) is 14.9 Å². The number of rotatable bonds is 6. The summed E-state index contributed by atoms with van der Waals surface area (Å²) in [6.45, 7) is 6.16. The van der Waals surface area contributed by atoms with Crippen LogP contribution in [0.4, 0.5) is 11.4 Å². The molecule has 5 heteroatoms. The number of hydrogen-bond donors (Lipinski definition) is 1. The number of amides is 1. The van der Waals surface area contributed by atoms with Gasteiger partial charge in [0.2, 0.25) is 5.91 Å². The van der Waals surface area contributed by atoms with Crippen molar-refractivity contribution in [3.8, 4) is 0 Å². The second-order valence-electron chi connectivity index (χ2n) is 6.36. The van der Waals surface area contributed by atoms with Gasteiger partial charge in [0.15, 0.2) is 0 Å². The zero-order valence-corrected chi connectivity index (χ0v) is 14.2. The molecule has 24 heavy (non-hydrogen) atoms. The van der Waals surface area contributed by atoms with E-state index in [1.54, 1.807) is 12.1 Å². The molecule has 1 atom stereocenters. The highest BCUT2D eigenvalue weighted by atomic mass is 16.6. The van der Waals surface area contributed by atoms with Crippen LogP contribution in [0.1, 0.15) is 37.8 Å². The lowest BCUT2D eigenvalue weighted by Crippen LogP contribution is -2.18. The summed E-state index contributed by atoms with van der Waals surface area (Å²) in [6, 6.07) is 14.0. The minimum absolute atomic E-state index is 0.0431. The summed E-state index contributed by atoms with van der Waals surface area (Å²) < 4.78 is 0. The maximum atomic E-state index is 12.4. The van der Waals surface area contributed by atoms with Crippen molar-refractivity contribution in [2.45, 2.75) is 33.1 Å². The van der Waals surface area contributed by atoms with Gasteiger partial charge in [-0.1, -0.05) is 44.2 Å². The first-order valence-corrected chi connectivity index (χ1v) is 8.01. The molecule has 1 N–H and O–H groups in total. The van der Waals surface area contributed by atoms with Crippen LogP contribution in [-0.4, -0.2) is 10.8 Å². The predicted molar refractivity (Wildman–Crippen MR) is 95.1 cm³/mol. The lowest BCUT2D eigenvalue weighted by molar-refractivity contribution is -0.384. The molecule has 2 aromatic carbocycles. The van der Waals surface area contributed by atoms with E-state index < -0.39 is 4.92 Å². The van der Waals surface area contributed by atoms with E-state index >= 15 is 0 Å². The molecule has 5 nitrogen and oxygen atoms in total. The zero-order valence-electron chi connectivity index (χ0n) is 14.2. The Balaban J connectivity index is 2.06. The minimum atomic E-state index is -0.480. The van der Waals surface area contributed by atoms with Crippen LogP contribution < -0.4 is 5.32 Å². The minimum Gasteiger partial charge on any atom is -0.325 e. The van der Waals surface area contributed by atoms with Crippen molar-refractivity contribution in [1.82, 2.24) is 0 Å². The van der Waals surface area contributed by atoms with Crippen LogP contribution >= 0.6 is 0 Å². The quantitative estimate of drug-likeness (QED) is 0.626. The van der Waals surface area contributed by atoms with Crippen LogP contribution in [0.2, 0.25) is 0 Å². The Labute approximate surface area is 141 Å². The maximum Gasteiger partial charge on any atom is 0.271 e. The van der Waals surface area contributed by atoms with Crippen molar-refractivity contribution in [1.29, 1.82) is 0 Å². The fourth-order valence-corrected chi connectivity index (χ4v) is 2.51. The van der Waals surface area contributed by atoms with E-state index in [1.807, 2.05) is 31.2 Å². The number of hydrogen-bond acceptors (Lipinski definition) is 3. The number of nitro benzene ring substituents is 1. The van der Waals surface area contributed by atoms with Crippen LogP contribution in [0.5, 0.6) is 0 Å². The van der Waals surface area contributed by atoms with E-state index in [-0.39, 0.29) is 17.5 Å². The van der Waals surface area contributed by atoms with Gasteiger partial charge in [-0.2, -0.15) is 0 Å². The molecule has 0 radical (unpaired) electrons. The molecule has 0 heterocycles. The van der Waals surface area contributed by atoms with Gasteiger partial charge in [-0.25, -0.2) is 0 Å². The molecule has 126 valence electrons. The van der Waals surface area contributed by atoms with E-state index in [0.29, 0.717) is 11.6 Å². The smallest absolute Gasteiger partial charge is 0.271 e. The van der Waals surface area contributed by atoms with Crippen molar-refractivity contribution in [2.75, 3.05) is 5.32 Å². The van der Waals surface area contributed by atoms with Crippen molar-refractivity contribution < 1.29 is 9.72 Å². The first kappa shape index (κ1) is 17.7. The van der Waals surface area contributed by atoms with Gasteiger partial charge in [0.1, 0.15) is 0 Å². The Morgan fingerprint density at radius 2 is 1.79 bits per heavy atom. The Hall–Kier alpha value is -2.69. The standard InChI is InChI=1S/C19H22N2O3/c1-13(2)11-15-7-9-16(10-8-15)14(3)19(22)20-17-5-4-6-18(12-17)21(23)24/h4-10,12-14H,11H2,1-3H3,(H,20,22). The number of anilines is 1. The Morgan fingerprint density at radius 3 is 2.38 bits per heavy atom. The molecule has 2 rings (SSSR count). The third-order valence-corrected chi connectivity index (χ3v) is 3.84. The second-order valence-corrected chi connectivity index (χ2v) is 6.36. The largest absolute Gasteiger partial charge is 0.325 e. The first-order valence-electron chi connectivity index (χ1n) is 8.01. The molecule has 0 spiro atoms. The van der Waals surface area contributed by atoms with E-state index in [0.717, 1.165) is 12.0 Å². The summed E-state index contributed by atoms with van der Waals surface area (Å²) in [6.07, 6.45) is 1.01. The first-order chi connectivity index (χ1) is 11.4. The molecular formula is C19H22N2O3. The summed E-state index contributed by atoms with van der Waals surface area (Å²) in [5.74, 6) is 0.0647. The summed E-state index contributed by atoms with van der Waals surface area (Å²) in [7, 11) is 0. The van der Waals surface area contributed by atoms with Crippen LogP contribution in [0, 0.1) is 16.0 Å². The molecule has 0 aliphatic rings. The van der Waals surface area contributed by atoms with E-state index in [9.17, 15) is 14.9 Å². The molecule has 0 saturated carbocycles. The second kappa shape index (κ2) is 7.73. The summed E-state index contributed by atoms with van der Waals surface area (Å²) >= 11 is 0. The fourth-order valence-electron chi connectivity index (χ4n) is 2.51. The summed E-state index contributed by atoms with van der Waals surface area (Å²) in [5, 5.41) is 13.5. The molecule has 0 bridgehead atoms. The molecule has 0 saturated heterocycles. The molecule has 0 aromatic heterocycles. The van der Waals surface area contributed by atoms with Gasteiger partial charge in [0.05, 0.1) is 10.8 Å². The number of non-ortho nitro benzene ring substituents is 1. The van der Waals surface area contributed by atoms with Crippen LogP contribution in [-0.2, 0) is 11.2 Å². The molecule has 1 amide bonds. The topological polar surface area (TPSA) is 72.2 Å². The average molecular weight is 326 g/mol. The summed E-state index contributed by atoms with van der Waals surface area (Å²) in [5.41, 5.74) is 2.56. The molecular weight excluding hydrogens is 304 g/mol. The van der Waals surface area contributed by atoms with Crippen LogP contribution in [0.15, 0.2) is 48.5 Å². The number of nitrogens with zero attached hydrogens (tertiary/aromatic N) is 1. The molecule has 0 fully saturated rings. The van der Waals surface area contributed by atoms with E-state index in [1.165, 1.54) is 17.7 Å². The number of carbonyl (C=O) groups excluding carboxylic acids is 1. The lowest BCUT2D eigenvalue weighted by atomic mass is 9.96. The monoisotopic (exact) mass is 326 g/mol. The van der Waals surface area contributed by atoms with Gasteiger partial charge >= 0.3 is 0 Å². The predicted octanol–water partition coefficient (Wildman–Crippen LogP) is 4.54. The van der Waals surface area contributed by atoms with E-state index in [2.05, 4.69) is 19.2 Å². The van der Waals surface area contributed by atoms with Gasteiger partial charge in [-0.15, -0.1) is 0 Å². The lowest BCUT2D eigenvalue weighted by Gasteiger charge is -2.13. The Kier molecular flexibility index (Phi) is 5.68. The van der Waals surface area contributed by atoms with Crippen molar-refractivity contribution in [3.05, 3.63) is 69.8 Å². The highest BCUT2D eigenvalue weighted by Crippen LogP contribution is 2.21. The number of carbonyl (C=O) groups is 1. The third-order valence-electron chi connectivity index (χ3n) is 3.84. The highest BCUT2D eigenvalue weighted by Gasteiger charge is 2.16. The average Bonchev–Trinajstić information content (AvgIpc) is 2.54. The highest BCUT2D eigenvalue weighted by molar-refractivity contribution is 5.95. The SMILES string of the molecule is CC(C)Cc1ccc(C(C)C(=O)Nc2cccc([N+](=O)[O-])c2)cc1. The molecule has 0 aliphatic heterocycles. The van der Waals surface area contributed by atoms with Crippen LogP contribution in [0.3, 0.4) is 0 Å². The van der Waals surface area contributed by atoms with Gasteiger partial charge < -0.3 is 5.32 Å². The Morgan fingerprint density at radius 1 is 1.12 bits per heavy atom. The fraction of sp³-hybridized carbons (Fsp3) is 0.316. The summed E-state index contributed by atoms with van der Waals surface area (Å²) in [4.78, 5) is 22.7. The molecule has 0 aliphatic carbocycles. The number of nitrogens with one attached hydrogen (secondary N) is 1. The van der Waals surface area contributed by atoms with Gasteiger partial charge in [0, 0.05) is 17.8 Å². The zero-order chi connectivity index (χ0) is 17.7. The van der Waals surface area contributed by atoms with Gasteiger partial charge in [0.25, 0.3) is 5.69 Å². The van der Waals surface area contributed by atoms with Crippen molar-refractivity contribution in [3.63, 3.8) is 0 Å². The number of nitro groups is 1. The van der Waals surface area contributed by atoms with Crippen LogP contribution in [0.25, 0.3) is 0 Å². The van der Waals surface area contributed by atoms with Crippen molar-refractivity contribution in [2.24, 2.45) is 5.92 Å². The van der Waals surface area contributed by atoms with E-state index in [4.69, 9.17) is 0 Å². The maximum absolute atomic E-state index is 12.4.